The summed E-state index contributed by atoms with van der Waals surface area (Å²) in [6.45, 7) is 4.69. The average molecular weight is 251 g/mol. The van der Waals surface area contributed by atoms with Crippen LogP contribution in [0.1, 0.15) is 31.7 Å². The maximum absolute atomic E-state index is 12.5. The van der Waals surface area contributed by atoms with Crippen LogP contribution in [0.4, 0.5) is 10.1 Å². The number of carbonyl (C=O) groups excluding carboxylic acids is 1. The monoisotopic (exact) mass is 251 g/mol. The van der Waals surface area contributed by atoms with Gasteiger partial charge in [-0.25, -0.2) is 4.39 Å². The molecule has 18 heavy (non-hydrogen) atoms. The third-order valence-corrected chi connectivity index (χ3v) is 3.33. The van der Waals surface area contributed by atoms with E-state index in [1.54, 1.807) is 0 Å². The van der Waals surface area contributed by atoms with E-state index >= 15 is 0 Å². The molecule has 1 atom stereocenters. The summed E-state index contributed by atoms with van der Waals surface area (Å²) >= 11 is 0. The molecule has 0 N–H and O–H groups in total. The van der Waals surface area contributed by atoms with Crippen molar-refractivity contribution in [1.82, 2.24) is 0 Å². The van der Waals surface area contributed by atoms with Crippen LogP contribution in [0.3, 0.4) is 0 Å². The number of hydrogen-bond donors (Lipinski definition) is 0. The van der Waals surface area contributed by atoms with Crippen LogP contribution in [0.5, 0.6) is 5.75 Å². The molecule has 4 heteroatoms. The van der Waals surface area contributed by atoms with E-state index in [0.717, 1.165) is 17.8 Å². The Hall–Kier alpha value is -1.58. The van der Waals surface area contributed by atoms with Gasteiger partial charge in [-0.3, -0.25) is 4.79 Å². The Labute approximate surface area is 107 Å². The zero-order chi connectivity index (χ0) is 13.1. The van der Waals surface area contributed by atoms with Crippen LogP contribution in [-0.2, 0) is 4.79 Å². The molecule has 1 aliphatic heterocycles. The summed E-state index contributed by atoms with van der Waals surface area (Å²) in [4.78, 5) is 13.3. The number of rotatable bonds is 4. The van der Waals surface area contributed by atoms with Gasteiger partial charge >= 0.3 is 5.97 Å². The Morgan fingerprint density at radius 1 is 1.50 bits per heavy atom. The highest BCUT2D eigenvalue weighted by molar-refractivity contribution is 5.77. The zero-order valence-corrected chi connectivity index (χ0v) is 10.8. The maximum Gasteiger partial charge on any atom is 0.311 e. The highest BCUT2D eigenvalue weighted by atomic mass is 19.1. The summed E-state index contributed by atoms with van der Waals surface area (Å²) in [5.74, 6) is 0.612. The van der Waals surface area contributed by atoms with Crippen LogP contribution in [-0.4, -0.2) is 25.7 Å². The van der Waals surface area contributed by atoms with E-state index in [9.17, 15) is 9.18 Å². The lowest BCUT2D eigenvalue weighted by molar-refractivity contribution is -0.135. The molecule has 3 nitrogen and oxygen atoms in total. The Balaban J connectivity index is 2.31. The molecule has 0 spiro atoms. The average Bonchev–Trinajstić information content (AvgIpc) is 2.35. The van der Waals surface area contributed by atoms with Crippen LogP contribution < -0.4 is 9.64 Å². The van der Waals surface area contributed by atoms with Gasteiger partial charge in [0.15, 0.2) is 0 Å². The molecule has 0 fully saturated rings. The molecule has 98 valence electrons. The van der Waals surface area contributed by atoms with Gasteiger partial charge in [0.05, 0.1) is 6.42 Å². The topological polar surface area (TPSA) is 29.5 Å². The fraction of sp³-hybridized carbons (Fsp3) is 0.500. The second-order valence-electron chi connectivity index (χ2n) is 4.57. The minimum absolute atomic E-state index is 0.187. The summed E-state index contributed by atoms with van der Waals surface area (Å²) in [6.07, 6.45) is 0.425. The van der Waals surface area contributed by atoms with Crippen LogP contribution in [0.15, 0.2) is 18.2 Å². The van der Waals surface area contributed by atoms with Crippen LogP contribution in [0, 0.1) is 0 Å². The minimum atomic E-state index is -0.388. The van der Waals surface area contributed by atoms with Crippen molar-refractivity contribution in [1.29, 1.82) is 0 Å². The summed E-state index contributed by atoms with van der Waals surface area (Å²) in [5, 5.41) is 0. The van der Waals surface area contributed by atoms with E-state index < -0.39 is 0 Å². The normalized spacial score (nSPS) is 18.2. The van der Waals surface area contributed by atoms with Gasteiger partial charge in [-0.15, -0.1) is 0 Å². The number of hydrogen-bond acceptors (Lipinski definition) is 3. The third kappa shape index (κ3) is 2.47. The smallest absolute Gasteiger partial charge is 0.311 e. The number of halogens is 1. The molecule has 0 amide bonds. The predicted molar refractivity (Wildman–Crippen MR) is 69.0 cm³/mol. The van der Waals surface area contributed by atoms with E-state index in [-0.39, 0.29) is 18.6 Å². The van der Waals surface area contributed by atoms with Crippen LogP contribution in [0.25, 0.3) is 0 Å². The van der Waals surface area contributed by atoms with Gasteiger partial charge in [0.25, 0.3) is 0 Å². The van der Waals surface area contributed by atoms with Crippen LogP contribution in [0.2, 0.25) is 0 Å². The summed E-state index contributed by atoms with van der Waals surface area (Å²) < 4.78 is 17.7. The second kappa shape index (κ2) is 5.38. The van der Waals surface area contributed by atoms with Crippen LogP contribution >= 0.6 is 0 Å². The lowest BCUT2D eigenvalue weighted by Crippen LogP contribution is -2.26. The molecule has 0 saturated carbocycles. The number of alkyl halides is 1. The molecule has 0 radical (unpaired) electrons. The van der Waals surface area contributed by atoms with Gasteiger partial charge in [-0.1, -0.05) is 13.0 Å². The van der Waals surface area contributed by atoms with E-state index in [1.165, 1.54) is 0 Å². The van der Waals surface area contributed by atoms with Crippen molar-refractivity contribution in [3.63, 3.8) is 0 Å². The molecule has 0 saturated heterocycles. The summed E-state index contributed by atoms with van der Waals surface area (Å²) in [6, 6.07) is 5.78. The Morgan fingerprint density at radius 2 is 2.28 bits per heavy atom. The molecule has 1 aliphatic rings. The molecular weight excluding hydrogens is 233 g/mol. The highest BCUT2D eigenvalue weighted by Gasteiger charge is 2.24. The Kier molecular flexibility index (Phi) is 3.84. The largest absolute Gasteiger partial charge is 0.426 e. The van der Waals surface area contributed by atoms with Crippen molar-refractivity contribution in [3.05, 3.63) is 23.8 Å². The van der Waals surface area contributed by atoms with E-state index in [1.807, 2.05) is 36.9 Å². The third-order valence-electron chi connectivity index (χ3n) is 3.33. The number of esters is 1. The first-order chi connectivity index (χ1) is 8.65. The van der Waals surface area contributed by atoms with Gasteiger partial charge in [0.2, 0.25) is 0 Å². The van der Waals surface area contributed by atoms with Crippen molar-refractivity contribution >= 4 is 11.7 Å². The number of carbonyl (C=O) groups is 1. The predicted octanol–water partition coefficient (Wildman–Crippen LogP) is 2.90. The Morgan fingerprint density at radius 3 is 2.94 bits per heavy atom. The maximum atomic E-state index is 12.5. The van der Waals surface area contributed by atoms with E-state index in [2.05, 4.69) is 0 Å². The van der Waals surface area contributed by atoms with Crippen molar-refractivity contribution in [2.24, 2.45) is 0 Å². The molecule has 0 bridgehead atoms. The molecule has 1 heterocycles. The van der Waals surface area contributed by atoms with E-state index in [0.29, 0.717) is 18.7 Å². The van der Waals surface area contributed by atoms with Crippen molar-refractivity contribution < 1.29 is 13.9 Å². The first-order valence-electron chi connectivity index (χ1n) is 6.31. The fourth-order valence-electron chi connectivity index (χ4n) is 2.31. The van der Waals surface area contributed by atoms with Crippen molar-refractivity contribution in [2.75, 3.05) is 24.7 Å². The van der Waals surface area contributed by atoms with Gasteiger partial charge < -0.3 is 9.64 Å². The molecule has 0 aromatic heterocycles. The zero-order valence-electron chi connectivity index (χ0n) is 10.8. The number of fused-ring (bicyclic) bond motifs is 1. The van der Waals surface area contributed by atoms with Gasteiger partial charge in [0, 0.05) is 24.8 Å². The highest BCUT2D eigenvalue weighted by Crippen LogP contribution is 2.36. The number of ether oxygens (including phenoxy) is 1. The Bertz CT molecular complexity index is 447. The number of anilines is 1. The lowest BCUT2D eigenvalue weighted by Gasteiger charge is -2.26. The quantitative estimate of drug-likeness (QED) is 0.608. The first kappa shape index (κ1) is 12.9. The molecule has 2 rings (SSSR count). The first-order valence-corrected chi connectivity index (χ1v) is 6.31. The van der Waals surface area contributed by atoms with Crippen molar-refractivity contribution in [2.45, 2.75) is 26.2 Å². The SMILES string of the molecule is CCN(CCF)c1ccc2c(c1)OC(=O)CC2C. The number of nitrogens with zero attached hydrogens (tertiary/aromatic N) is 1. The number of benzene rings is 1. The fourth-order valence-corrected chi connectivity index (χ4v) is 2.31. The van der Waals surface area contributed by atoms with E-state index in [4.69, 9.17) is 4.74 Å². The molecule has 1 unspecified atom stereocenters. The lowest BCUT2D eigenvalue weighted by atomic mass is 9.94. The van der Waals surface area contributed by atoms with Gasteiger partial charge in [-0.05, 0) is 24.5 Å². The second-order valence-corrected chi connectivity index (χ2v) is 4.57. The molecule has 1 aromatic carbocycles. The summed E-state index contributed by atoms with van der Waals surface area (Å²) in [7, 11) is 0. The molecule has 0 aliphatic carbocycles. The van der Waals surface area contributed by atoms with Gasteiger partial charge in [0.1, 0.15) is 12.4 Å². The van der Waals surface area contributed by atoms with Gasteiger partial charge in [-0.2, -0.15) is 0 Å². The van der Waals surface area contributed by atoms with Crippen molar-refractivity contribution in [3.8, 4) is 5.75 Å². The minimum Gasteiger partial charge on any atom is -0.426 e. The molecule has 1 aromatic rings. The molecular formula is C14H18FNO2. The standard InChI is InChI=1S/C14H18FNO2/c1-3-16(7-6-15)11-4-5-12-10(2)8-14(17)18-13(12)9-11/h4-5,9-10H,3,6-8H2,1-2H3. The summed E-state index contributed by atoms with van der Waals surface area (Å²) in [5.41, 5.74) is 1.95.